The summed E-state index contributed by atoms with van der Waals surface area (Å²) in [4.78, 5) is 22.2. The van der Waals surface area contributed by atoms with Crippen molar-refractivity contribution < 1.29 is 9.59 Å². The van der Waals surface area contributed by atoms with Crippen molar-refractivity contribution in [2.24, 2.45) is 0 Å². The molecule has 1 heterocycles. The molecule has 0 spiro atoms. The van der Waals surface area contributed by atoms with Gasteiger partial charge in [-0.15, -0.1) is 0 Å². The Morgan fingerprint density at radius 1 is 1.31 bits per heavy atom. The molecule has 1 aromatic rings. The Morgan fingerprint density at radius 2 is 2.00 bits per heavy atom. The van der Waals surface area contributed by atoms with Gasteiger partial charge in [0.1, 0.15) is 0 Å². The van der Waals surface area contributed by atoms with E-state index < -0.39 is 0 Å². The van der Waals surface area contributed by atoms with E-state index in [2.05, 4.69) is 5.32 Å². The lowest BCUT2D eigenvalue weighted by Crippen LogP contribution is -2.37. The van der Waals surface area contributed by atoms with Gasteiger partial charge in [0.05, 0.1) is 0 Å². The van der Waals surface area contributed by atoms with Crippen molar-refractivity contribution in [1.29, 1.82) is 0 Å². The summed E-state index contributed by atoms with van der Waals surface area (Å²) in [6, 6.07) is 0.216. The molecule has 1 aliphatic carbocycles. The van der Waals surface area contributed by atoms with E-state index in [9.17, 15) is 9.59 Å². The van der Waals surface area contributed by atoms with Crippen molar-refractivity contribution >= 4 is 11.8 Å². The maximum atomic E-state index is 11.2. The summed E-state index contributed by atoms with van der Waals surface area (Å²) in [5, 5.41) is 2.93. The van der Waals surface area contributed by atoms with Crippen LogP contribution in [0.2, 0.25) is 0 Å². The number of carbonyl (C=O) groups excluding carboxylic acids is 2. The lowest BCUT2D eigenvalue weighted by atomic mass is 9.91. The zero-order valence-corrected chi connectivity index (χ0v) is 9.62. The summed E-state index contributed by atoms with van der Waals surface area (Å²) in [6.07, 6.45) is 6.50. The van der Waals surface area contributed by atoms with Gasteiger partial charge in [0.15, 0.2) is 0 Å². The van der Waals surface area contributed by atoms with Crippen molar-refractivity contribution in [3.8, 4) is 0 Å². The van der Waals surface area contributed by atoms with Crippen molar-refractivity contribution in [2.75, 3.05) is 0 Å². The summed E-state index contributed by atoms with van der Waals surface area (Å²) in [5.41, 5.74) is 2.41. The van der Waals surface area contributed by atoms with Gasteiger partial charge in [0.25, 0.3) is 0 Å². The fourth-order valence-corrected chi connectivity index (χ4v) is 2.24. The lowest BCUT2D eigenvalue weighted by molar-refractivity contribution is -0.119. The van der Waals surface area contributed by atoms with Crippen LogP contribution in [0, 0.1) is 0 Å². The monoisotopic (exact) mass is 220 g/mol. The molecule has 0 saturated heterocycles. The maximum absolute atomic E-state index is 11.2. The fraction of sp³-hybridized carbons (Fsp3) is 0.500. The first-order valence-electron chi connectivity index (χ1n) is 5.54. The molecule has 1 atom stereocenters. The fourth-order valence-electron chi connectivity index (χ4n) is 2.24. The van der Waals surface area contributed by atoms with E-state index in [1.807, 2.05) is 12.4 Å². The van der Waals surface area contributed by atoms with Gasteiger partial charge in [-0.25, -0.2) is 0 Å². The number of hydrogen-bond donors (Lipinski definition) is 1. The van der Waals surface area contributed by atoms with Crippen molar-refractivity contribution in [3.63, 3.8) is 0 Å². The van der Waals surface area contributed by atoms with Crippen molar-refractivity contribution in [1.82, 2.24) is 9.88 Å². The molecule has 0 fully saturated rings. The lowest BCUT2D eigenvalue weighted by Gasteiger charge is -2.22. The SMILES string of the molecule is CC(=O)NC1CCc2cn(C(C)=O)cc2C1. The molecule has 16 heavy (non-hydrogen) atoms. The molecule has 4 nitrogen and oxygen atoms in total. The van der Waals surface area contributed by atoms with E-state index in [-0.39, 0.29) is 17.9 Å². The number of amides is 1. The summed E-state index contributed by atoms with van der Waals surface area (Å²) in [5.74, 6) is 0.0462. The first-order valence-corrected chi connectivity index (χ1v) is 5.54. The second kappa shape index (κ2) is 4.12. The highest BCUT2D eigenvalue weighted by atomic mass is 16.2. The molecule has 2 rings (SSSR count). The predicted molar refractivity (Wildman–Crippen MR) is 60.4 cm³/mol. The van der Waals surface area contributed by atoms with E-state index in [0.717, 1.165) is 19.3 Å². The zero-order valence-electron chi connectivity index (χ0n) is 9.62. The number of hydrogen-bond acceptors (Lipinski definition) is 2. The molecule has 0 bridgehead atoms. The van der Waals surface area contributed by atoms with Gasteiger partial charge >= 0.3 is 0 Å². The second-order valence-electron chi connectivity index (χ2n) is 4.38. The van der Waals surface area contributed by atoms with Crippen molar-refractivity contribution in [3.05, 3.63) is 23.5 Å². The highest BCUT2D eigenvalue weighted by Crippen LogP contribution is 2.22. The Hall–Kier alpha value is -1.58. The molecule has 1 N–H and O–H groups in total. The predicted octanol–water partition coefficient (Wildman–Crippen LogP) is 1.14. The first-order chi connectivity index (χ1) is 7.56. The summed E-state index contributed by atoms with van der Waals surface area (Å²) in [7, 11) is 0. The van der Waals surface area contributed by atoms with Crippen LogP contribution in [0.25, 0.3) is 0 Å². The molecule has 1 unspecified atom stereocenters. The van der Waals surface area contributed by atoms with Crippen LogP contribution < -0.4 is 5.32 Å². The number of aryl methyl sites for hydroxylation is 1. The maximum Gasteiger partial charge on any atom is 0.227 e. The van der Waals surface area contributed by atoms with Gasteiger partial charge in [-0.3, -0.25) is 14.2 Å². The third-order valence-corrected chi connectivity index (χ3v) is 3.00. The second-order valence-corrected chi connectivity index (χ2v) is 4.38. The molecule has 4 heteroatoms. The normalized spacial score (nSPS) is 19.0. The van der Waals surface area contributed by atoms with E-state index in [1.54, 1.807) is 11.5 Å². The van der Waals surface area contributed by atoms with Gasteiger partial charge < -0.3 is 5.32 Å². The van der Waals surface area contributed by atoms with Gasteiger partial charge in [-0.05, 0) is 30.4 Å². The average Bonchev–Trinajstić information content (AvgIpc) is 2.59. The van der Waals surface area contributed by atoms with Gasteiger partial charge in [0, 0.05) is 32.3 Å². The Morgan fingerprint density at radius 3 is 2.62 bits per heavy atom. The number of nitrogens with one attached hydrogen (secondary N) is 1. The number of aromatic nitrogens is 1. The highest BCUT2D eigenvalue weighted by molar-refractivity contribution is 5.76. The summed E-state index contributed by atoms with van der Waals surface area (Å²) < 4.78 is 1.63. The molecule has 0 aliphatic heterocycles. The molecule has 1 aliphatic rings. The van der Waals surface area contributed by atoms with Crippen LogP contribution in [0.3, 0.4) is 0 Å². The quantitative estimate of drug-likeness (QED) is 0.771. The molecular formula is C12H16N2O2. The van der Waals surface area contributed by atoms with Crippen molar-refractivity contribution in [2.45, 2.75) is 39.2 Å². The Balaban J connectivity index is 2.14. The molecular weight excluding hydrogens is 204 g/mol. The standard InChI is InChI=1S/C12H16N2O2/c1-8(15)13-12-4-3-10-6-14(9(2)16)7-11(10)5-12/h6-7,12H,3-5H2,1-2H3,(H,13,15). The van der Waals surface area contributed by atoms with Crippen LogP contribution in [0.5, 0.6) is 0 Å². The smallest absolute Gasteiger partial charge is 0.227 e. The minimum atomic E-state index is 0.0134. The van der Waals surface area contributed by atoms with Gasteiger partial charge in [-0.1, -0.05) is 0 Å². The molecule has 0 radical (unpaired) electrons. The van der Waals surface area contributed by atoms with E-state index >= 15 is 0 Å². The van der Waals surface area contributed by atoms with Crippen LogP contribution in [0.1, 0.15) is 36.2 Å². The van der Waals surface area contributed by atoms with Gasteiger partial charge in [0.2, 0.25) is 11.8 Å². The Kier molecular flexibility index (Phi) is 2.81. The third kappa shape index (κ3) is 2.15. The minimum absolute atomic E-state index is 0.0134. The Bertz CT molecular complexity index is 434. The largest absolute Gasteiger partial charge is 0.353 e. The minimum Gasteiger partial charge on any atom is -0.353 e. The van der Waals surface area contributed by atoms with Crippen LogP contribution in [0.4, 0.5) is 0 Å². The first kappa shape index (κ1) is 10.9. The summed E-state index contributed by atoms with van der Waals surface area (Å²) in [6.45, 7) is 3.09. The average molecular weight is 220 g/mol. The van der Waals surface area contributed by atoms with Gasteiger partial charge in [-0.2, -0.15) is 0 Å². The molecule has 86 valence electrons. The van der Waals surface area contributed by atoms with Crippen LogP contribution in [-0.2, 0) is 17.6 Å². The topological polar surface area (TPSA) is 51.1 Å². The van der Waals surface area contributed by atoms with Crippen LogP contribution in [0.15, 0.2) is 12.4 Å². The molecule has 1 aromatic heterocycles. The van der Waals surface area contributed by atoms with E-state index in [1.165, 1.54) is 18.1 Å². The third-order valence-electron chi connectivity index (χ3n) is 3.00. The molecule has 1 amide bonds. The van der Waals surface area contributed by atoms with E-state index in [4.69, 9.17) is 0 Å². The van der Waals surface area contributed by atoms with Crippen LogP contribution in [-0.4, -0.2) is 22.4 Å². The number of fused-ring (bicyclic) bond motifs is 1. The molecule has 0 aromatic carbocycles. The summed E-state index contributed by atoms with van der Waals surface area (Å²) >= 11 is 0. The van der Waals surface area contributed by atoms with E-state index in [0.29, 0.717) is 0 Å². The number of rotatable bonds is 1. The highest BCUT2D eigenvalue weighted by Gasteiger charge is 2.21. The number of carbonyl (C=O) groups is 2. The van der Waals surface area contributed by atoms with Crippen LogP contribution >= 0.6 is 0 Å². The zero-order chi connectivity index (χ0) is 11.7. The molecule has 0 saturated carbocycles. The Labute approximate surface area is 94.6 Å². The number of nitrogens with zero attached hydrogens (tertiary/aromatic N) is 1.